The first-order valence-corrected chi connectivity index (χ1v) is 6.35. The van der Waals surface area contributed by atoms with Crippen LogP contribution in [0, 0.1) is 0 Å². The Morgan fingerprint density at radius 2 is 1.94 bits per heavy atom. The fraction of sp³-hybridized carbons (Fsp3) is 0.333. The van der Waals surface area contributed by atoms with E-state index in [1.54, 1.807) is 6.07 Å². The number of halogens is 2. The van der Waals surface area contributed by atoms with Crippen LogP contribution in [0.25, 0.3) is 0 Å². The lowest BCUT2D eigenvalue weighted by Crippen LogP contribution is -2.34. The molecule has 2 nitrogen and oxygen atoms in total. The van der Waals surface area contributed by atoms with Crippen LogP contribution in [-0.2, 0) is 9.59 Å². The van der Waals surface area contributed by atoms with Gasteiger partial charge in [-0.1, -0.05) is 45.7 Å². The van der Waals surface area contributed by atoms with E-state index in [1.165, 1.54) is 0 Å². The number of carbonyl (C=O) groups is 2. The summed E-state index contributed by atoms with van der Waals surface area (Å²) in [7, 11) is 0. The maximum atomic E-state index is 12.0. The molecule has 1 aromatic rings. The van der Waals surface area contributed by atoms with Gasteiger partial charge in [0.2, 0.25) is 0 Å². The van der Waals surface area contributed by atoms with Gasteiger partial charge in [0.05, 0.1) is 0 Å². The molecule has 1 aliphatic carbocycles. The summed E-state index contributed by atoms with van der Waals surface area (Å²) < 4.78 is 0. The van der Waals surface area contributed by atoms with Crippen LogP contribution >= 0.6 is 27.5 Å². The van der Waals surface area contributed by atoms with Gasteiger partial charge in [-0.25, -0.2) is 0 Å². The highest BCUT2D eigenvalue weighted by molar-refractivity contribution is 9.10. The number of rotatable bonds is 1. The Morgan fingerprint density at radius 1 is 1.25 bits per heavy atom. The zero-order valence-electron chi connectivity index (χ0n) is 8.45. The zero-order valence-corrected chi connectivity index (χ0v) is 10.8. The largest absolute Gasteiger partial charge is 0.298 e. The number of ketones is 2. The van der Waals surface area contributed by atoms with Gasteiger partial charge in [-0.3, -0.25) is 9.59 Å². The van der Waals surface area contributed by atoms with E-state index < -0.39 is 4.83 Å². The number of hydrogen-bond acceptors (Lipinski definition) is 2. The third-order valence-electron chi connectivity index (χ3n) is 2.84. The molecule has 0 heterocycles. The molecular weight excluding hydrogens is 291 g/mol. The average molecular weight is 302 g/mol. The topological polar surface area (TPSA) is 34.1 Å². The standard InChI is InChI=1S/C12H10BrClO2/c13-11-10(15)6-5-8(12(11)16)7-3-1-2-4-9(7)14/h1-4,8,11H,5-6H2. The van der Waals surface area contributed by atoms with E-state index in [2.05, 4.69) is 15.9 Å². The van der Waals surface area contributed by atoms with E-state index in [0.29, 0.717) is 17.9 Å². The van der Waals surface area contributed by atoms with E-state index in [1.807, 2.05) is 18.2 Å². The molecule has 2 atom stereocenters. The van der Waals surface area contributed by atoms with Crippen LogP contribution in [-0.4, -0.2) is 16.4 Å². The minimum Gasteiger partial charge on any atom is -0.298 e. The van der Waals surface area contributed by atoms with Gasteiger partial charge in [0, 0.05) is 17.4 Å². The van der Waals surface area contributed by atoms with Gasteiger partial charge < -0.3 is 0 Å². The first kappa shape index (κ1) is 11.8. The normalized spacial score (nSPS) is 25.9. The molecule has 16 heavy (non-hydrogen) atoms. The zero-order chi connectivity index (χ0) is 11.7. The molecule has 1 saturated carbocycles. The maximum absolute atomic E-state index is 12.0. The SMILES string of the molecule is O=C1CCC(c2ccccc2Cl)C(=O)C1Br. The third-order valence-corrected chi connectivity index (χ3v) is 4.14. The van der Waals surface area contributed by atoms with Crippen LogP contribution in [0.3, 0.4) is 0 Å². The number of carbonyl (C=O) groups excluding carboxylic acids is 2. The van der Waals surface area contributed by atoms with E-state index in [-0.39, 0.29) is 17.5 Å². The lowest BCUT2D eigenvalue weighted by molar-refractivity contribution is -0.129. The van der Waals surface area contributed by atoms with Gasteiger partial charge in [0.25, 0.3) is 0 Å². The molecule has 1 fully saturated rings. The summed E-state index contributed by atoms with van der Waals surface area (Å²) in [5.74, 6) is -0.367. The van der Waals surface area contributed by atoms with E-state index in [4.69, 9.17) is 11.6 Å². The molecule has 0 N–H and O–H groups in total. The number of Topliss-reactive ketones (excluding diaryl/α,β-unsaturated/α-hetero) is 2. The van der Waals surface area contributed by atoms with Crippen molar-refractivity contribution in [2.24, 2.45) is 0 Å². The molecule has 1 aromatic carbocycles. The predicted octanol–water partition coefficient (Wildman–Crippen LogP) is 3.12. The number of alkyl halides is 1. The molecule has 0 aliphatic heterocycles. The second-order valence-corrected chi connectivity index (χ2v) is 5.17. The smallest absolute Gasteiger partial charge is 0.161 e. The summed E-state index contributed by atoms with van der Waals surface area (Å²) in [5, 5.41) is 0.592. The van der Waals surface area contributed by atoms with E-state index in [0.717, 1.165) is 5.56 Å². The monoisotopic (exact) mass is 300 g/mol. The van der Waals surface area contributed by atoms with Crippen LogP contribution in [0.4, 0.5) is 0 Å². The molecule has 2 unspecified atom stereocenters. The van der Waals surface area contributed by atoms with Crippen molar-refractivity contribution in [3.8, 4) is 0 Å². The van der Waals surface area contributed by atoms with Crippen LogP contribution in [0.15, 0.2) is 24.3 Å². The van der Waals surface area contributed by atoms with Crippen LogP contribution in [0.5, 0.6) is 0 Å². The first-order valence-electron chi connectivity index (χ1n) is 5.06. The first-order chi connectivity index (χ1) is 7.61. The highest BCUT2D eigenvalue weighted by Gasteiger charge is 2.36. The summed E-state index contributed by atoms with van der Waals surface area (Å²) in [6.45, 7) is 0. The summed E-state index contributed by atoms with van der Waals surface area (Å²) in [4.78, 5) is 22.7. The van der Waals surface area contributed by atoms with Crippen molar-refractivity contribution in [3.05, 3.63) is 34.9 Å². The van der Waals surface area contributed by atoms with Crippen molar-refractivity contribution in [2.75, 3.05) is 0 Å². The minimum absolute atomic E-state index is 0.0340. The van der Waals surface area contributed by atoms with Crippen molar-refractivity contribution in [2.45, 2.75) is 23.6 Å². The summed E-state index contributed by atoms with van der Waals surface area (Å²) in [5.41, 5.74) is 0.825. The Labute approximate surface area is 107 Å². The van der Waals surface area contributed by atoms with Crippen molar-refractivity contribution >= 4 is 39.1 Å². The molecule has 0 radical (unpaired) electrons. The second-order valence-electron chi connectivity index (χ2n) is 3.84. The molecule has 0 amide bonds. The average Bonchev–Trinajstić information content (AvgIpc) is 2.28. The van der Waals surface area contributed by atoms with Gasteiger partial charge in [-0.15, -0.1) is 0 Å². The molecular formula is C12H10BrClO2. The highest BCUT2D eigenvalue weighted by atomic mass is 79.9. The maximum Gasteiger partial charge on any atom is 0.161 e. The third kappa shape index (κ3) is 2.06. The van der Waals surface area contributed by atoms with Crippen LogP contribution in [0.2, 0.25) is 5.02 Å². The Kier molecular flexibility index (Phi) is 3.45. The second kappa shape index (κ2) is 4.68. The van der Waals surface area contributed by atoms with Crippen molar-refractivity contribution < 1.29 is 9.59 Å². The Morgan fingerprint density at radius 3 is 2.62 bits per heavy atom. The van der Waals surface area contributed by atoms with Crippen molar-refractivity contribution in [1.82, 2.24) is 0 Å². The quantitative estimate of drug-likeness (QED) is 0.590. The molecule has 84 valence electrons. The van der Waals surface area contributed by atoms with Crippen LogP contribution < -0.4 is 0 Å². The Hall–Kier alpha value is -0.670. The van der Waals surface area contributed by atoms with Gasteiger partial charge >= 0.3 is 0 Å². The van der Waals surface area contributed by atoms with Crippen molar-refractivity contribution in [3.63, 3.8) is 0 Å². The van der Waals surface area contributed by atoms with Crippen LogP contribution in [0.1, 0.15) is 24.3 Å². The lowest BCUT2D eigenvalue weighted by atomic mass is 9.82. The molecule has 0 spiro atoms. The Bertz CT molecular complexity index is 444. The van der Waals surface area contributed by atoms with E-state index >= 15 is 0 Å². The molecule has 1 aliphatic rings. The predicted molar refractivity (Wildman–Crippen MR) is 66.2 cm³/mol. The van der Waals surface area contributed by atoms with Crippen molar-refractivity contribution in [1.29, 1.82) is 0 Å². The summed E-state index contributed by atoms with van der Waals surface area (Å²) in [6.07, 6.45) is 0.987. The number of hydrogen-bond donors (Lipinski definition) is 0. The molecule has 2 rings (SSSR count). The summed E-state index contributed by atoms with van der Waals surface area (Å²) in [6, 6.07) is 7.30. The lowest BCUT2D eigenvalue weighted by Gasteiger charge is -2.24. The van der Waals surface area contributed by atoms with Gasteiger partial charge in [-0.2, -0.15) is 0 Å². The molecule has 0 bridgehead atoms. The molecule has 0 aromatic heterocycles. The fourth-order valence-corrected chi connectivity index (χ4v) is 2.77. The van der Waals surface area contributed by atoms with E-state index in [9.17, 15) is 9.59 Å². The highest BCUT2D eigenvalue weighted by Crippen LogP contribution is 2.34. The van der Waals surface area contributed by atoms with Gasteiger partial charge in [0.15, 0.2) is 11.6 Å². The fourth-order valence-electron chi connectivity index (χ4n) is 1.96. The number of benzene rings is 1. The van der Waals surface area contributed by atoms with Gasteiger partial charge in [0.1, 0.15) is 4.83 Å². The minimum atomic E-state index is -0.664. The van der Waals surface area contributed by atoms with Gasteiger partial charge in [-0.05, 0) is 18.1 Å². The molecule has 4 heteroatoms. The molecule has 0 saturated heterocycles. The summed E-state index contributed by atoms with van der Waals surface area (Å²) >= 11 is 9.19. The Balaban J connectivity index is 2.32.